The highest BCUT2D eigenvalue weighted by Gasteiger charge is 2.43. The van der Waals surface area contributed by atoms with Crippen molar-refractivity contribution in [3.63, 3.8) is 0 Å². The normalized spacial score (nSPS) is 24.8. The zero-order chi connectivity index (χ0) is 18.1. The first kappa shape index (κ1) is 17.3. The van der Waals surface area contributed by atoms with E-state index in [-0.39, 0.29) is 5.91 Å². The Morgan fingerprint density at radius 3 is 2.50 bits per heavy atom. The molecule has 1 aromatic heterocycles. The highest BCUT2D eigenvalue weighted by atomic mass is 16.5. The Hall–Kier alpha value is -2.14. The molecule has 1 aliphatic heterocycles. The van der Waals surface area contributed by atoms with Gasteiger partial charge in [-0.15, -0.1) is 0 Å². The molecule has 0 N–H and O–H groups in total. The maximum absolute atomic E-state index is 12.9. The molecule has 4 rings (SSSR count). The van der Waals surface area contributed by atoms with E-state index in [0.29, 0.717) is 24.5 Å². The Labute approximate surface area is 154 Å². The van der Waals surface area contributed by atoms with Crippen molar-refractivity contribution >= 4 is 5.91 Å². The van der Waals surface area contributed by atoms with Crippen LogP contribution in [0, 0.1) is 18.8 Å². The van der Waals surface area contributed by atoms with E-state index >= 15 is 0 Å². The number of hydrogen-bond donors (Lipinski definition) is 0. The summed E-state index contributed by atoms with van der Waals surface area (Å²) >= 11 is 0. The van der Waals surface area contributed by atoms with Crippen molar-refractivity contribution < 1.29 is 9.53 Å². The molecule has 1 unspecified atom stereocenters. The zero-order valence-electron chi connectivity index (χ0n) is 15.6. The van der Waals surface area contributed by atoms with Crippen molar-refractivity contribution in [1.82, 2.24) is 14.7 Å². The lowest BCUT2D eigenvalue weighted by molar-refractivity contribution is 0.0367. The number of rotatable bonds is 5. The minimum atomic E-state index is 0.137. The molecule has 1 saturated carbocycles. The highest BCUT2D eigenvalue weighted by Crippen LogP contribution is 2.40. The van der Waals surface area contributed by atoms with Crippen LogP contribution < -0.4 is 0 Å². The van der Waals surface area contributed by atoms with Gasteiger partial charge in [0.1, 0.15) is 0 Å². The fourth-order valence-corrected chi connectivity index (χ4v) is 4.39. The number of fused-ring (bicyclic) bond motifs is 1. The van der Waals surface area contributed by atoms with Crippen LogP contribution >= 0.6 is 0 Å². The number of nitrogens with zero attached hydrogens (tertiary/aromatic N) is 3. The van der Waals surface area contributed by atoms with Crippen LogP contribution in [0.25, 0.3) is 0 Å². The lowest BCUT2D eigenvalue weighted by atomic mass is 10.0. The molecule has 1 aromatic carbocycles. The van der Waals surface area contributed by atoms with Crippen LogP contribution in [-0.2, 0) is 17.9 Å². The number of hydrogen-bond acceptors (Lipinski definition) is 3. The molecule has 1 amide bonds. The van der Waals surface area contributed by atoms with Gasteiger partial charge in [-0.25, -0.2) is 0 Å². The van der Waals surface area contributed by atoms with E-state index in [2.05, 4.69) is 17.2 Å². The van der Waals surface area contributed by atoms with E-state index < -0.39 is 0 Å². The van der Waals surface area contributed by atoms with E-state index in [1.165, 1.54) is 5.56 Å². The summed E-state index contributed by atoms with van der Waals surface area (Å²) in [5, 5.41) is 4.41. The molecule has 0 spiro atoms. The smallest absolute Gasteiger partial charge is 0.257 e. The standard InChI is InChI=1S/C21H27N3O2/c1-3-24-13-20(15(2)22-24)21(25)23-11-17-9-19(10-18(17)12-23)26-14-16-7-5-4-6-8-16/h4-8,13,17-19H,3,9-12,14H2,1-2H3/t17-,18+,19?. The average Bonchev–Trinajstić information content (AvgIpc) is 3.32. The molecular formula is C21H27N3O2. The van der Waals surface area contributed by atoms with Crippen LogP contribution in [0.5, 0.6) is 0 Å². The fourth-order valence-electron chi connectivity index (χ4n) is 4.39. The van der Waals surface area contributed by atoms with Gasteiger partial charge in [0.15, 0.2) is 0 Å². The molecule has 26 heavy (non-hydrogen) atoms. The number of aryl methyl sites for hydroxylation is 2. The van der Waals surface area contributed by atoms with Gasteiger partial charge in [-0.3, -0.25) is 9.48 Å². The third kappa shape index (κ3) is 3.40. The van der Waals surface area contributed by atoms with Crippen molar-refractivity contribution in [2.75, 3.05) is 13.1 Å². The van der Waals surface area contributed by atoms with Gasteiger partial charge >= 0.3 is 0 Å². The molecule has 0 radical (unpaired) electrons. The second-order valence-corrected chi connectivity index (χ2v) is 7.60. The van der Waals surface area contributed by atoms with Crippen molar-refractivity contribution in [2.45, 2.75) is 45.9 Å². The van der Waals surface area contributed by atoms with Gasteiger partial charge in [0, 0.05) is 25.8 Å². The Morgan fingerprint density at radius 2 is 1.88 bits per heavy atom. The van der Waals surface area contributed by atoms with Gasteiger partial charge in [-0.05, 0) is 44.1 Å². The number of aromatic nitrogens is 2. The summed E-state index contributed by atoms with van der Waals surface area (Å²) in [5.41, 5.74) is 2.81. The lowest BCUT2D eigenvalue weighted by Crippen LogP contribution is -2.30. The van der Waals surface area contributed by atoms with Gasteiger partial charge in [-0.2, -0.15) is 5.10 Å². The van der Waals surface area contributed by atoms with Crippen LogP contribution in [0.15, 0.2) is 36.5 Å². The molecule has 1 aliphatic carbocycles. The SMILES string of the molecule is CCn1cc(C(=O)N2C[C@H]3CC(OCc4ccccc4)C[C@H]3C2)c(C)n1. The second-order valence-electron chi connectivity index (χ2n) is 7.60. The van der Waals surface area contributed by atoms with Crippen molar-refractivity contribution in [3.8, 4) is 0 Å². The van der Waals surface area contributed by atoms with Crippen LogP contribution in [0.2, 0.25) is 0 Å². The molecule has 2 heterocycles. The average molecular weight is 353 g/mol. The summed E-state index contributed by atoms with van der Waals surface area (Å²) in [6.45, 7) is 7.14. The van der Waals surface area contributed by atoms with E-state index in [1.54, 1.807) is 0 Å². The Kier molecular flexibility index (Phi) is 4.81. The number of benzene rings is 1. The third-order valence-corrected chi connectivity index (χ3v) is 5.82. The number of carbonyl (C=O) groups excluding carboxylic acids is 1. The van der Waals surface area contributed by atoms with Crippen LogP contribution in [-0.4, -0.2) is 39.8 Å². The van der Waals surface area contributed by atoms with E-state index in [0.717, 1.165) is 43.7 Å². The lowest BCUT2D eigenvalue weighted by Gasteiger charge is -2.19. The first-order valence-electron chi connectivity index (χ1n) is 9.63. The van der Waals surface area contributed by atoms with Crippen molar-refractivity contribution in [3.05, 3.63) is 53.3 Å². The summed E-state index contributed by atoms with van der Waals surface area (Å²) in [7, 11) is 0. The Bertz CT molecular complexity index is 757. The predicted octanol–water partition coefficient (Wildman–Crippen LogP) is 3.28. The summed E-state index contributed by atoms with van der Waals surface area (Å²) in [6.07, 6.45) is 4.34. The monoisotopic (exact) mass is 353 g/mol. The summed E-state index contributed by atoms with van der Waals surface area (Å²) in [4.78, 5) is 14.9. The van der Waals surface area contributed by atoms with Crippen LogP contribution in [0.3, 0.4) is 0 Å². The maximum atomic E-state index is 12.9. The Balaban J connectivity index is 1.32. The maximum Gasteiger partial charge on any atom is 0.257 e. The van der Waals surface area contributed by atoms with Crippen LogP contribution in [0.1, 0.15) is 41.4 Å². The molecule has 2 aliphatic rings. The van der Waals surface area contributed by atoms with Crippen molar-refractivity contribution in [2.24, 2.45) is 11.8 Å². The largest absolute Gasteiger partial charge is 0.374 e. The van der Waals surface area contributed by atoms with E-state index in [9.17, 15) is 4.79 Å². The van der Waals surface area contributed by atoms with E-state index in [1.807, 2.05) is 47.8 Å². The summed E-state index contributed by atoms with van der Waals surface area (Å²) < 4.78 is 7.97. The molecule has 0 bridgehead atoms. The molecular weight excluding hydrogens is 326 g/mol. The second kappa shape index (κ2) is 7.23. The first-order valence-corrected chi connectivity index (χ1v) is 9.63. The number of ether oxygens (including phenoxy) is 1. The number of carbonyl (C=O) groups is 1. The zero-order valence-corrected chi connectivity index (χ0v) is 15.6. The molecule has 3 atom stereocenters. The minimum absolute atomic E-state index is 0.137. The fraction of sp³-hybridized carbons (Fsp3) is 0.524. The molecule has 2 fully saturated rings. The predicted molar refractivity (Wildman–Crippen MR) is 99.8 cm³/mol. The molecule has 5 heteroatoms. The van der Waals surface area contributed by atoms with Gasteiger partial charge < -0.3 is 9.64 Å². The highest BCUT2D eigenvalue weighted by molar-refractivity contribution is 5.95. The van der Waals surface area contributed by atoms with Crippen LogP contribution in [0.4, 0.5) is 0 Å². The first-order chi connectivity index (χ1) is 12.6. The van der Waals surface area contributed by atoms with Gasteiger partial charge in [-0.1, -0.05) is 30.3 Å². The molecule has 2 aromatic rings. The van der Waals surface area contributed by atoms with Gasteiger partial charge in [0.05, 0.1) is 24.0 Å². The molecule has 138 valence electrons. The molecule has 1 saturated heterocycles. The summed E-state index contributed by atoms with van der Waals surface area (Å²) in [6, 6.07) is 10.3. The van der Waals surface area contributed by atoms with Crippen molar-refractivity contribution in [1.29, 1.82) is 0 Å². The van der Waals surface area contributed by atoms with Gasteiger partial charge in [0.25, 0.3) is 5.91 Å². The third-order valence-electron chi connectivity index (χ3n) is 5.82. The van der Waals surface area contributed by atoms with Gasteiger partial charge in [0.2, 0.25) is 0 Å². The number of likely N-dealkylation sites (tertiary alicyclic amines) is 1. The Morgan fingerprint density at radius 1 is 1.19 bits per heavy atom. The minimum Gasteiger partial charge on any atom is -0.374 e. The molecule has 5 nitrogen and oxygen atoms in total. The number of amides is 1. The quantitative estimate of drug-likeness (QED) is 0.829. The summed E-state index contributed by atoms with van der Waals surface area (Å²) in [5.74, 6) is 1.28. The van der Waals surface area contributed by atoms with E-state index in [4.69, 9.17) is 4.74 Å². The topological polar surface area (TPSA) is 47.4 Å².